The summed E-state index contributed by atoms with van der Waals surface area (Å²) in [6, 6.07) is 16.7. The summed E-state index contributed by atoms with van der Waals surface area (Å²) in [5.41, 5.74) is 1.77. The van der Waals surface area contributed by atoms with Crippen molar-refractivity contribution < 1.29 is 13.2 Å². The third kappa shape index (κ3) is 6.56. The van der Waals surface area contributed by atoms with E-state index < -0.39 is 10.0 Å². The predicted octanol–water partition coefficient (Wildman–Crippen LogP) is 3.39. The van der Waals surface area contributed by atoms with Crippen LogP contribution in [0.2, 0.25) is 0 Å². The highest BCUT2D eigenvalue weighted by molar-refractivity contribution is 7.89. The van der Waals surface area contributed by atoms with Gasteiger partial charge in [-0.15, -0.1) is 0 Å². The summed E-state index contributed by atoms with van der Waals surface area (Å²) in [4.78, 5) is 0.216. The van der Waals surface area contributed by atoms with Gasteiger partial charge in [-0.2, -0.15) is 0 Å². The monoisotopic (exact) mass is 421 g/mol. The van der Waals surface area contributed by atoms with Crippen LogP contribution in [0.5, 0.6) is 0 Å². The Morgan fingerprint density at radius 1 is 1.14 bits per heavy atom. The van der Waals surface area contributed by atoms with Crippen molar-refractivity contribution in [2.75, 3.05) is 32.6 Å². The predicted molar refractivity (Wildman–Crippen MR) is 117 cm³/mol. The average molecular weight is 422 g/mol. The summed E-state index contributed by atoms with van der Waals surface area (Å²) in [5.74, 6) is 0. The number of rotatable bonds is 9. The van der Waals surface area contributed by atoms with Crippen molar-refractivity contribution in [1.29, 1.82) is 0 Å². The van der Waals surface area contributed by atoms with Crippen LogP contribution in [-0.2, 0) is 14.8 Å². The largest absolute Gasteiger partial charge is 0.374 e. The zero-order valence-electron chi connectivity index (χ0n) is 16.4. The van der Waals surface area contributed by atoms with Gasteiger partial charge in [0.05, 0.1) is 11.0 Å². The summed E-state index contributed by atoms with van der Waals surface area (Å²) in [6.45, 7) is 3.30. The van der Waals surface area contributed by atoms with Crippen LogP contribution in [0, 0.1) is 0 Å². The van der Waals surface area contributed by atoms with E-state index in [1.54, 1.807) is 24.3 Å². The lowest BCUT2D eigenvalue weighted by atomic mass is 10.1. The molecule has 0 aliphatic carbocycles. The minimum absolute atomic E-state index is 0.0488. The first-order valence-electron chi connectivity index (χ1n) is 9.04. The molecule has 0 unspecified atom stereocenters. The fourth-order valence-electron chi connectivity index (χ4n) is 2.47. The van der Waals surface area contributed by atoms with Crippen molar-refractivity contribution in [3.63, 3.8) is 0 Å². The maximum atomic E-state index is 12.2. The number of hydrogen-bond donors (Lipinski definition) is 2. The van der Waals surface area contributed by atoms with Crippen LogP contribution in [0.25, 0.3) is 0 Å². The molecule has 0 amide bonds. The molecule has 28 heavy (non-hydrogen) atoms. The summed E-state index contributed by atoms with van der Waals surface area (Å²) in [6.07, 6.45) is 0.848. The molecule has 8 heteroatoms. The molecule has 0 fully saturated rings. The molecule has 0 bridgehead atoms. The Balaban J connectivity index is 1.74. The molecule has 0 aliphatic rings. The van der Waals surface area contributed by atoms with Crippen LogP contribution in [0.4, 0.5) is 5.69 Å². The van der Waals surface area contributed by atoms with Gasteiger partial charge in [0.1, 0.15) is 0 Å². The number of benzene rings is 2. The normalized spacial score (nSPS) is 12.6. The van der Waals surface area contributed by atoms with E-state index in [2.05, 4.69) is 10.6 Å². The molecule has 0 saturated heterocycles. The second-order valence-electron chi connectivity index (χ2n) is 6.47. The van der Waals surface area contributed by atoms with E-state index in [-0.39, 0.29) is 11.0 Å². The number of hydrogen-bond acceptors (Lipinski definition) is 4. The van der Waals surface area contributed by atoms with Gasteiger partial charge in [-0.05, 0) is 49.3 Å². The molecule has 0 radical (unpaired) electrons. The quantitative estimate of drug-likeness (QED) is 0.478. The molecule has 0 spiro atoms. The third-order valence-corrected chi connectivity index (χ3v) is 6.17. The van der Waals surface area contributed by atoms with Gasteiger partial charge >= 0.3 is 0 Å². The maximum absolute atomic E-state index is 12.2. The third-order valence-electron chi connectivity index (χ3n) is 4.11. The number of ether oxygens (including phenoxy) is 1. The van der Waals surface area contributed by atoms with Crippen molar-refractivity contribution in [3.05, 3.63) is 60.2 Å². The molecule has 0 heterocycles. The SMILES string of the molecule is C[C@H](OCCCNC(=S)Nc1cccc(S(=O)(=O)N(C)C)c1)c1ccccc1. The van der Waals surface area contributed by atoms with Crippen molar-refractivity contribution in [1.82, 2.24) is 9.62 Å². The Labute approximate surface area is 173 Å². The van der Waals surface area contributed by atoms with E-state index in [0.29, 0.717) is 24.0 Å². The summed E-state index contributed by atoms with van der Waals surface area (Å²) in [7, 11) is -0.473. The first kappa shape index (κ1) is 22.3. The van der Waals surface area contributed by atoms with Gasteiger partial charge in [0.15, 0.2) is 5.11 Å². The molecule has 6 nitrogen and oxygen atoms in total. The molecule has 1 atom stereocenters. The molecule has 0 aromatic heterocycles. The highest BCUT2D eigenvalue weighted by Crippen LogP contribution is 2.18. The van der Waals surface area contributed by atoms with Crippen molar-refractivity contribution in [2.24, 2.45) is 0 Å². The molecule has 152 valence electrons. The molecule has 0 aliphatic heterocycles. The molecule has 2 aromatic carbocycles. The van der Waals surface area contributed by atoms with Crippen LogP contribution in [-0.4, -0.2) is 45.1 Å². The molecule has 0 saturated carbocycles. The van der Waals surface area contributed by atoms with E-state index in [4.69, 9.17) is 17.0 Å². The molecule has 2 rings (SSSR count). The average Bonchev–Trinajstić information content (AvgIpc) is 2.68. The summed E-state index contributed by atoms with van der Waals surface area (Å²) >= 11 is 5.28. The number of thiocarbonyl (C=S) groups is 1. The number of nitrogens with zero attached hydrogens (tertiary/aromatic N) is 1. The van der Waals surface area contributed by atoms with Gasteiger partial charge in [0.2, 0.25) is 10.0 Å². The molecule has 2 N–H and O–H groups in total. The molecular weight excluding hydrogens is 394 g/mol. The smallest absolute Gasteiger partial charge is 0.242 e. The van der Waals surface area contributed by atoms with Crippen LogP contribution in [0.3, 0.4) is 0 Å². The van der Waals surface area contributed by atoms with Gasteiger partial charge in [-0.1, -0.05) is 36.4 Å². The van der Waals surface area contributed by atoms with Gasteiger partial charge < -0.3 is 15.4 Å². The van der Waals surface area contributed by atoms with E-state index in [1.165, 1.54) is 18.4 Å². The van der Waals surface area contributed by atoms with Gasteiger partial charge in [0, 0.05) is 32.9 Å². The zero-order chi connectivity index (χ0) is 20.6. The lowest BCUT2D eigenvalue weighted by Crippen LogP contribution is -2.30. The lowest BCUT2D eigenvalue weighted by molar-refractivity contribution is 0.0646. The Morgan fingerprint density at radius 2 is 1.86 bits per heavy atom. The van der Waals surface area contributed by atoms with Crippen LogP contribution in [0.15, 0.2) is 59.5 Å². The fraction of sp³-hybridized carbons (Fsp3) is 0.350. The summed E-state index contributed by atoms with van der Waals surface area (Å²) < 4.78 is 31.4. The van der Waals surface area contributed by atoms with Gasteiger partial charge in [-0.3, -0.25) is 0 Å². The lowest BCUT2D eigenvalue weighted by Gasteiger charge is -2.15. The van der Waals surface area contributed by atoms with Crippen molar-refractivity contribution in [3.8, 4) is 0 Å². The Morgan fingerprint density at radius 3 is 2.54 bits per heavy atom. The number of anilines is 1. The Bertz CT molecular complexity index is 871. The Hall–Kier alpha value is -2.00. The summed E-state index contributed by atoms with van der Waals surface area (Å²) in [5, 5.41) is 6.56. The first-order valence-corrected chi connectivity index (χ1v) is 10.9. The van der Waals surface area contributed by atoms with Crippen LogP contribution in [0.1, 0.15) is 25.0 Å². The van der Waals surface area contributed by atoms with E-state index >= 15 is 0 Å². The maximum Gasteiger partial charge on any atom is 0.242 e. The minimum Gasteiger partial charge on any atom is -0.374 e. The van der Waals surface area contributed by atoms with Crippen molar-refractivity contribution >= 4 is 33.0 Å². The second-order valence-corrected chi connectivity index (χ2v) is 9.03. The number of nitrogens with one attached hydrogen (secondary N) is 2. The minimum atomic E-state index is -3.48. The highest BCUT2D eigenvalue weighted by atomic mass is 32.2. The number of sulfonamides is 1. The van der Waals surface area contributed by atoms with E-state index in [0.717, 1.165) is 12.0 Å². The van der Waals surface area contributed by atoms with E-state index in [1.807, 2.05) is 37.3 Å². The van der Waals surface area contributed by atoms with E-state index in [9.17, 15) is 8.42 Å². The molecule has 2 aromatic rings. The van der Waals surface area contributed by atoms with Crippen molar-refractivity contribution in [2.45, 2.75) is 24.3 Å². The van der Waals surface area contributed by atoms with Crippen LogP contribution < -0.4 is 10.6 Å². The van der Waals surface area contributed by atoms with Gasteiger partial charge in [0.25, 0.3) is 0 Å². The zero-order valence-corrected chi connectivity index (χ0v) is 18.0. The fourth-order valence-corrected chi connectivity index (χ4v) is 3.64. The standard InChI is InChI=1S/C20H27N3O3S2/c1-16(17-9-5-4-6-10-17)26-14-8-13-21-20(27)22-18-11-7-12-19(15-18)28(24,25)23(2)3/h4-7,9-12,15-16H,8,13-14H2,1-3H3,(H2,21,22,27)/t16-/m0/s1. The second kappa shape index (κ2) is 10.5. The first-order chi connectivity index (χ1) is 13.3. The highest BCUT2D eigenvalue weighted by Gasteiger charge is 2.17. The molecular formula is C20H27N3O3S2. The Kier molecular flexibility index (Phi) is 8.37. The van der Waals surface area contributed by atoms with Gasteiger partial charge in [-0.25, -0.2) is 12.7 Å². The van der Waals surface area contributed by atoms with Crippen LogP contribution >= 0.6 is 12.2 Å². The topological polar surface area (TPSA) is 70.7 Å².